The first-order valence-electron chi connectivity index (χ1n) is 22.9. The number of rotatable bonds is 11. The summed E-state index contributed by atoms with van der Waals surface area (Å²) in [6.45, 7) is 22.8. The number of nitrogens with zero attached hydrogens (tertiary/aromatic N) is 4. The molecule has 0 radical (unpaired) electrons. The molecule has 4 aromatic carbocycles. The van der Waals surface area contributed by atoms with E-state index in [-0.39, 0.29) is 45.1 Å². The van der Waals surface area contributed by atoms with Gasteiger partial charge in [-0.1, -0.05) is 76.2 Å². The molecular weight excluding hydrogens is 834 g/mol. The summed E-state index contributed by atoms with van der Waals surface area (Å²) in [7, 11) is -5.82. The van der Waals surface area contributed by atoms with Gasteiger partial charge in [-0.3, -0.25) is 27.2 Å². The van der Waals surface area contributed by atoms with Crippen LogP contribution in [-0.2, 0) is 12.8 Å². The first-order chi connectivity index (χ1) is 31.4. The molecule has 6 nitrogen and oxygen atoms in total. The quantitative estimate of drug-likeness (QED) is 0.100. The normalized spacial score (nSPS) is 15.8. The maximum Gasteiger partial charge on any atom is 0.677 e. The zero-order valence-corrected chi connectivity index (χ0v) is 40.0. The van der Waals surface area contributed by atoms with Gasteiger partial charge in [0, 0.05) is 67.6 Å². The Morgan fingerprint density at radius 1 is 0.530 bits per heavy atom. The third-order valence-corrected chi connectivity index (χ3v) is 14.3. The summed E-state index contributed by atoms with van der Waals surface area (Å²) < 4.78 is 64.5. The smallest absolute Gasteiger partial charge is 0.507 e. The van der Waals surface area contributed by atoms with Crippen molar-refractivity contribution in [3.63, 3.8) is 0 Å². The van der Waals surface area contributed by atoms with Crippen LogP contribution in [0.2, 0.25) is 0 Å². The van der Waals surface area contributed by atoms with E-state index >= 15 is 17.3 Å². The van der Waals surface area contributed by atoms with Gasteiger partial charge in [-0.15, -0.1) is 0 Å². The van der Waals surface area contributed by atoms with Gasteiger partial charge in [-0.2, -0.15) is 0 Å². The van der Waals surface area contributed by atoms with Crippen molar-refractivity contribution in [1.82, 2.24) is 8.96 Å². The SMILES string of the molecule is CCC1=C(C)/C(=C(\c2cc3ccccc3c(-c3c(O)c(/C(=C4/N=C(C)C(CC)=C4C)c4c(C)c(CC)c(C)n4B(F)F)cc4ccccc34)c2O)c2c(C)c(CC)c(C)n2B(F)F)N=C1C. The number of hydrogen-bond donors (Lipinski definition) is 2. The lowest BCUT2D eigenvalue weighted by atomic mass is 9.83. The standard InChI is InChI=1S/C54H56B2F4N4O2/c1-13-37-27(5)49(61-31(37)9)47(51-29(7)39(15-3)33(11)63(51)55(57)58)43-25-35-21-17-19-23-41(35)45(53(43)65)46-42-24-20-18-22-36(42)26-44(54(46)66)48(50-28(6)38(14-2)32(10)62-50)52-30(8)40(16-4)34(12)64(52)56(59)60/h17-26,65-66H,13-16H2,1-12H3/b49-47-,50-48-. The van der Waals surface area contributed by atoms with E-state index in [2.05, 4.69) is 0 Å². The molecule has 0 fully saturated rings. The van der Waals surface area contributed by atoms with Crippen LogP contribution in [0.3, 0.4) is 0 Å². The predicted molar refractivity (Wildman–Crippen MR) is 268 cm³/mol. The Labute approximate surface area is 385 Å². The highest BCUT2D eigenvalue weighted by molar-refractivity contribution is 6.42. The lowest BCUT2D eigenvalue weighted by Crippen LogP contribution is -2.19. The number of aromatic nitrogens is 2. The fraction of sp³-hybridized carbons (Fsp3) is 0.296. The van der Waals surface area contributed by atoms with Crippen LogP contribution in [0.1, 0.15) is 124 Å². The molecular formula is C54H56B2F4N4O2. The Morgan fingerprint density at radius 3 is 1.18 bits per heavy atom. The second-order valence-electron chi connectivity index (χ2n) is 17.6. The second kappa shape index (κ2) is 17.5. The zero-order valence-electron chi connectivity index (χ0n) is 40.0. The molecule has 4 heterocycles. The van der Waals surface area contributed by atoms with Crippen molar-refractivity contribution < 1.29 is 27.5 Å². The molecule has 0 unspecified atom stereocenters. The molecule has 0 spiro atoms. The Bertz CT molecular complexity index is 3030. The van der Waals surface area contributed by atoms with Crippen molar-refractivity contribution in [2.45, 2.75) is 109 Å². The maximum atomic E-state index is 15.6. The molecule has 2 aliphatic rings. The minimum Gasteiger partial charge on any atom is -0.507 e. The molecule has 66 heavy (non-hydrogen) atoms. The molecule has 0 bridgehead atoms. The van der Waals surface area contributed by atoms with Crippen molar-refractivity contribution in [3.8, 4) is 22.6 Å². The van der Waals surface area contributed by atoms with E-state index < -0.39 is 14.8 Å². The molecule has 338 valence electrons. The van der Waals surface area contributed by atoms with Crippen molar-refractivity contribution >= 4 is 58.9 Å². The number of halogens is 4. The highest BCUT2D eigenvalue weighted by Gasteiger charge is 2.37. The van der Waals surface area contributed by atoms with Crippen LogP contribution >= 0.6 is 0 Å². The third-order valence-electron chi connectivity index (χ3n) is 14.3. The fourth-order valence-corrected chi connectivity index (χ4v) is 11.3. The van der Waals surface area contributed by atoms with Gasteiger partial charge in [0.15, 0.2) is 0 Å². The van der Waals surface area contributed by atoms with Crippen LogP contribution in [0.5, 0.6) is 11.5 Å². The summed E-state index contributed by atoms with van der Waals surface area (Å²) in [5.74, 6) is -0.498. The van der Waals surface area contributed by atoms with E-state index in [1.54, 1.807) is 13.8 Å². The van der Waals surface area contributed by atoms with Gasteiger partial charge in [0.25, 0.3) is 0 Å². The average molecular weight is 891 g/mol. The summed E-state index contributed by atoms with van der Waals surface area (Å²) in [6.07, 6.45) is 2.35. The second-order valence-corrected chi connectivity index (χ2v) is 17.6. The van der Waals surface area contributed by atoms with Crippen LogP contribution in [0.4, 0.5) is 17.3 Å². The molecule has 2 aliphatic heterocycles. The van der Waals surface area contributed by atoms with E-state index in [9.17, 15) is 10.2 Å². The predicted octanol–water partition coefficient (Wildman–Crippen LogP) is 14.5. The molecule has 0 saturated carbocycles. The van der Waals surface area contributed by atoms with Crippen molar-refractivity contribution in [3.05, 3.63) is 151 Å². The fourth-order valence-electron chi connectivity index (χ4n) is 11.3. The number of phenolic OH excluding ortho intramolecular Hbond substituents is 2. The molecule has 0 saturated heterocycles. The van der Waals surface area contributed by atoms with Gasteiger partial charge < -0.3 is 19.2 Å². The molecule has 12 heteroatoms. The summed E-state index contributed by atoms with van der Waals surface area (Å²) in [5, 5.41) is 29.2. The van der Waals surface area contributed by atoms with E-state index in [0.717, 1.165) is 53.8 Å². The number of hydrogen-bond acceptors (Lipinski definition) is 4. The summed E-state index contributed by atoms with van der Waals surface area (Å²) in [4.78, 5) is 10.2. The molecule has 2 aromatic heterocycles. The van der Waals surface area contributed by atoms with Crippen LogP contribution in [0.25, 0.3) is 43.8 Å². The van der Waals surface area contributed by atoms with Gasteiger partial charge in [0.05, 0.1) is 11.4 Å². The first-order valence-corrected chi connectivity index (χ1v) is 22.9. The molecule has 0 atom stereocenters. The monoisotopic (exact) mass is 890 g/mol. The summed E-state index contributed by atoms with van der Waals surface area (Å²) in [5.41, 5.74) is 12.1. The minimum atomic E-state index is -2.91. The Morgan fingerprint density at radius 2 is 0.879 bits per heavy atom. The largest absolute Gasteiger partial charge is 0.677 e. The number of phenols is 2. The Balaban J connectivity index is 1.59. The highest BCUT2D eigenvalue weighted by Crippen LogP contribution is 2.54. The van der Waals surface area contributed by atoms with E-state index in [0.29, 0.717) is 92.3 Å². The molecule has 0 aliphatic carbocycles. The third kappa shape index (κ3) is 6.92. The van der Waals surface area contributed by atoms with Gasteiger partial charge in [0.1, 0.15) is 11.5 Å². The van der Waals surface area contributed by atoms with Gasteiger partial charge >= 0.3 is 14.8 Å². The number of aliphatic imine (C=N–C) groups is 2. The highest BCUT2D eigenvalue weighted by atomic mass is 19.2. The zero-order chi connectivity index (χ0) is 47.8. The van der Waals surface area contributed by atoms with Crippen LogP contribution in [0, 0.1) is 27.7 Å². The first kappa shape index (κ1) is 46.2. The average Bonchev–Trinajstić information content (AvgIpc) is 3.92. The van der Waals surface area contributed by atoms with E-state index in [1.807, 2.05) is 130 Å². The van der Waals surface area contributed by atoms with Crippen LogP contribution in [0.15, 0.2) is 104 Å². The Hall–Kier alpha value is -6.29. The summed E-state index contributed by atoms with van der Waals surface area (Å²) >= 11 is 0. The molecule has 0 amide bonds. The lowest BCUT2D eigenvalue weighted by Gasteiger charge is -2.23. The van der Waals surface area contributed by atoms with Gasteiger partial charge in [-0.05, 0) is 159 Å². The Kier molecular flexibility index (Phi) is 12.3. The topological polar surface area (TPSA) is 75.0 Å². The molecule has 6 aromatic rings. The van der Waals surface area contributed by atoms with Gasteiger partial charge in [-0.25, -0.2) is 0 Å². The van der Waals surface area contributed by atoms with Crippen LogP contribution in [-0.4, -0.2) is 45.4 Å². The van der Waals surface area contributed by atoms with Crippen LogP contribution < -0.4 is 0 Å². The van der Waals surface area contributed by atoms with E-state index in [4.69, 9.17) is 9.98 Å². The van der Waals surface area contributed by atoms with Crippen molar-refractivity contribution in [2.75, 3.05) is 0 Å². The number of aromatic hydroxyl groups is 2. The van der Waals surface area contributed by atoms with E-state index in [1.165, 1.54) is 0 Å². The van der Waals surface area contributed by atoms with Crippen molar-refractivity contribution in [2.24, 2.45) is 9.98 Å². The number of allylic oxidation sites excluding steroid dienone is 4. The lowest BCUT2D eigenvalue weighted by molar-refractivity contribution is 0.468. The summed E-state index contributed by atoms with van der Waals surface area (Å²) in [6, 6.07) is 18.6. The van der Waals surface area contributed by atoms with Crippen molar-refractivity contribution in [1.29, 1.82) is 0 Å². The molecule has 8 rings (SSSR count). The molecule has 2 N–H and O–H groups in total. The number of benzene rings is 4. The maximum absolute atomic E-state index is 15.6. The number of fused-ring (bicyclic) bond motifs is 2. The van der Waals surface area contributed by atoms with Gasteiger partial charge in [0.2, 0.25) is 0 Å². The minimum absolute atomic E-state index is 0.249.